The number of nitrogens with zero attached hydrogens (tertiary/aromatic N) is 4. The molecule has 0 aliphatic heterocycles. The number of hydrogen-bond acceptors (Lipinski definition) is 6. The maximum Gasteiger partial charge on any atom is 0.252 e. The predicted octanol–water partition coefficient (Wildman–Crippen LogP) is 4.15. The molecule has 0 atom stereocenters. The molecule has 4 aromatic rings. The van der Waals surface area contributed by atoms with Crippen LogP contribution in [-0.4, -0.2) is 25.8 Å². The van der Waals surface area contributed by atoms with Gasteiger partial charge < -0.3 is 9.84 Å². The SMILES string of the molecule is Cc1noc(C)c1CSc1ccccc1C(=O)NCc1ccc(Cn2cncn2)cc1. The maximum atomic E-state index is 12.8. The fourth-order valence-corrected chi connectivity index (χ4v) is 4.38. The molecule has 158 valence electrons. The monoisotopic (exact) mass is 433 g/mol. The van der Waals surface area contributed by atoms with Crippen molar-refractivity contribution in [1.29, 1.82) is 0 Å². The first-order valence-electron chi connectivity index (χ1n) is 9.92. The number of benzene rings is 2. The Morgan fingerprint density at radius 1 is 1.10 bits per heavy atom. The smallest absolute Gasteiger partial charge is 0.252 e. The van der Waals surface area contributed by atoms with Crippen molar-refractivity contribution in [1.82, 2.24) is 25.2 Å². The average Bonchev–Trinajstić information content (AvgIpc) is 3.41. The number of carbonyl (C=O) groups excluding carboxylic acids is 1. The summed E-state index contributed by atoms with van der Waals surface area (Å²) in [6.45, 7) is 4.97. The van der Waals surface area contributed by atoms with Gasteiger partial charge in [0.1, 0.15) is 18.4 Å². The molecule has 0 spiro atoms. The van der Waals surface area contributed by atoms with E-state index in [1.54, 1.807) is 22.8 Å². The summed E-state index contributed by atoms with van der Waals surface area (Å²) in [6.07, 6.45) is 3.21. The molecule has 7 nitrogen and oxygen atoms in total. The molecule has 4 rings (SSSR count). The number of carbonyl (C=O) groups is 1. The molecule has 0 aliphatic rings. The molecule has 8 heteroatoms. The second-order valence-corrected chi connectivity index (χ2v) is 8.20. The fraction of sp³-hybridized carbons (Fsp3) is 0.217. The van der Waals surface area contributed by atoms with Gasteiger partial charge in [-0.1, -0.05) is 41.6 Å². The zero-order valence-corrected chi connectivity index (χ0v) is 18.2. The Labute approximate surface area is 184 Å². The van der Waals surface area contributed by atoms with E-state index >= 15 is 0 Å². The lowest BCUT2D eigenvalue weighted by Gasteiger charge is -2.10. The number of nitrogens with one attached hydrogen (secondary N) is 1. The van der Waals surface area contributed by atoms with Crippen LogP contribution in [-0.2, 0) is 18.8 Å². The molecule has 0 unspecified atom stereocenters. The third-order valence-corrected chi connectivity index (χ3v) is 6.07. The summed E-state index contributed by atoms with van der Waals surface area (Å²) >= 11 is 1.61. The first-order chi connectivity index (χ1) is 15.1. The van der Waals surface area contributed by atoms with E-state index in [0.29, 0.717) is 24.4 Å². The second-order valence-electron chi connectivity index (χ2n) is 7.18. The van der Waals surface area contributed by atoms with E-state index in [0.717, 1.165) is 33.0 Å². The Balaban J connectivity index is 1.36. The van der Waals surface area contributed by atoms with Crippen LogP contribution in [0, 0.1) is 13.8 Å². The molecular weight excluding hydrogens is 410 g/mol. The summed E-state index contributed by atoms with van der Waals surface area (Å²) in [5, 5.41) is 11.1. The van der Waals surface area contributed by atoms with Crippen molar-refractivity contribution in [3.63, 3.8) is 0 Å². The second kappa shape index (κ2) is 9.61. The molecule has 0 fully saturated rings. The van der Waals surface area contributed by atoms with Gasteiger partial charge >= 0.3 is 0 Å². The molecule has 1 N–H and O–H groups in total. The first-order valence-corrected chi connectivity index (χ1v) is 10.9. The van der Waals surface area contributed by atoms with Crippen LogP contribution in [0.1, 0.15) is 38.5 Å². The van der Waals surface area contributed by atoms with E-state index in [4.69, 9.17) is 4.52 Å². The van der Waals surface area contributed by atoms with Crippen molar-refractivity contribution in [3.05, 3.63) is 94.9 Å². The lowest BCUT2D eigenvalue weighted by Crippen LogP contribution is -2.23. The van der Waals surface area contributed by atoms with Crippen molar-refractivity contribution in [2.45, 2.75) is 37.6 Å². The van der Waals surface area contributed by atoms with Crippen LogP contribution in [0.5, 0.6) is 0 Å². The first kappa shape index (κ1) is 20.9. The van der Waals surface area contributed by atoms with Gasteiger partial charge in [0.25, 0.3) is 5.91 Å². The van der Waals surface area contributed by atoms with Crippen LogP contribution in [0.3, 0.4) is 0 Å². The largest absolute Gasteiger partial charge is 0.361 e. The molecular formula is C23H23N5O2S. The van der Waals surface area contributed by atoms with Gasteiger partial charge in [-0.25, -0.2) is 9.67 Å². The Kier molecular flexibility index (Phi) is 6.47. The number of aromatic nitrogens is 4. The molecule has 2 heterocycles. The van der Waals surface area contributed by atoms with Gasteiger partial charge in [0, 0.05) is 22.8 Å². The third kappa shape index (κ3) is 5.21. The standard InChI is InChI=1S/C23H23N5O2S/c1-16-21(17(2)30-27-16)13-31-22-6-4-3-5-20(22)23(29)25-11-18-7-9-19(10-8-18)12-28-15-24-14-26-28/h3-10,14-15H,11-13H2,1-2H3,(H,25,29). The molecule has 2 aromatic heterocycles. The van der Waals surface area contributed by atoms with Crippen LogP contribution >= 0.6 is 11.8 Å². The molecule has 2 aromatic carbocycles. The van der Waals surface area contributed by atoms with E-state index in [2.05, 4.69) is 20.6 Å². The van der Waals surface area contributed by atoms with Gasteiger partial charge in [0.2, 0.25) is 0 Å². The molecule has 0 saturated carbocycles. The highest BCUT2D eigenvalue weighted by Crippen LogP contribution is 2.28. The van der Waals surface area contributed by atoms with Crippen LogP contribution in [0.2, 0.25) is 0 Å². The van der Waals surface area contributed by atoms with Gasteiger partial charge in [-0.2, -0.15) is 5.10 Å². The molecule has 0 radical (unpaired) electrons. The normalized spacial score (nSPS) is 10.9. The highest BCUT2D eigenvalue weighted by molar-refractivity contribution is 7.98. The van der Waals surface area contributed by atoms with Gasteiger partial charge in [-0.15, -0.1) is 11.8 Å². The molecule has 1 amide bonds. The number of aryl methyl sites for hydroxylation is 2. The predicted molar refractivity (Wildman–Crippen MR) is 119 cm³/mol. The third-order valence-electron chi connectivity index (χ3n) is 4.97. The zero-order valence-electron chi connectivity index (χ0n) is 17.4. The van der Waals surface area contributed by atoms with Crippen molar-refractivity contribution >= 4 is 17.7 Å². The Morgan fingerprint density at radius 2 is 1.87 bits per heavy atom. The maximum absolute atomic E-state index is 12.8. The van der Waals surface area contributed by atoms with Crippen LogP contribution in [0.4, 0.5) is 0 Å². The minimum Gasteiger partial charge on any atom is -0.361 e. The van der Waals surface area contributed by atoms with E-state index in [1.807, 2.05) is 62.4 Å². The van der Waals surface area contributed by atoms with Crippen LogP contribution < -0.4 is 5.32 Å². The molecule has 0 aliphatic carbocycles. The topological polar surface area (TPSA) is 85.8 Å². The van der Waals surface area contributed by atoms with Gasteiger partial charge in [-0.3, -0.25) is 4.79 Å². The average molecular weight is 434 g/mol. The Bertz CT molecular complexity index is 1130. The lowest BCUT2D eigenvalue weighted by atomic mass is 10.1. The summed E-state index contributed by atoms with van der Waals surface area (Å²) in [4.78, 5) is 17.7. The van der Waals surface area contributed by atoms with Crippen LogP contribution in [0.25, 0.3) is 0 Å². The Morgan fingerprint density at radius 3 is 2.58 bits per heavy atom. The summed E-state index contributed by atoms with van der Waals surface area (Å²) < 4.78 is 7.01. The quantitative estimate of drug-likeness (QED) is 0.420. The minimum atomic E-state index is -0.0893. The number of amides is 1. The van der Waals surface area contributed by atoms with Gasteiger partial charge in [-0.05, 0) is 37.1 Å². The Hall–Kier alpha value is -3.39. The highest BCUT2D eigenvalue weighted by Gasteiger charge is 2.14. The van der Waals surface area contributed by atoms with Crippen LogP contribution in [0.15, 0.2) is 70.6 Å². The lowest BCUT2D eigenvalue weighted by molar-refractivity contribution is 0.0948. The molecule has 0 saturated heterocycles. The van der Waals surface area contributed by atoms with Gasteiger partial charge in [0.05, 0.1) is 17.8 Å². The molecule has 31 heavy (non-hydrogen) atoms. The van der Waals surface area contributed by atoms with Gasteiger partial charge in [0.15, 0.2) is 0 Å². The summed E-state index contributed by atoms with van der Waals surface area (Å²) in [5.41, 5.74) is 4.80. The number of rotatable bonds is 8. The van der Waals surface area contributed by atoms with Crippen molar-refractivity contribution in [2.75, 3.05) is 0 Å². The van der Waals surface area contributed by atoms with Crippen molar-refractivity contribution in [3.8, 4) is 0 Å². The fourth-order valence-electron chi connectivity index (χ4n) is 3.18. The van der Waals surface area contributed by atoms with E-state index in [9.17, 15) is 4.79 Å². The van der Waals surface area contributed by atoms with Crippen molar-refractivity contribution in [2.24, 2.45) is 0 Å². The van der Waals surface area contributed by atoms with E-state index in [1.165, 1.54) is 6.33 Å². The zero-order chi connectivity index (χ0) is 21.6. The molecule has 0 bridgehead atoms. The number of hydrogen-bond donors (Lipinski definition) is 1. The van der Waals surface area contributed by atoms with Crippen molar-refractivity contribution < 1.29 is 9.32 Å². The summed E-state index contributed by atoms with van der Waals surface area (Å²) in [6, 6.07) is 15.8. The summed E-state index contributed by atoms with van der Waals surface area (Å²) in [7, 11) is 0. The van der Waals surface area contributed by atoms with E-state index in [-0.39, 0.29) is 5.91 Å². The summed E-state index contributed by atoms with van der Waals surface area (Å²) in [5.74, 6) is 1.44. The highest BCUT2D eigenvalue weighted by atomic mass is 32.2. The minimum absolute atomic E-state index is 0.0893. The number of thioether (sulfide) groups is 1. The van der Waals surface area contributed by atoms with E-state index < -0.39 is 0 Å².